The first-order valence-corrected chi connectivity index (χ1v) is 4.38. The second-order valence-corrected chi connectivity index (χ2v) is 3.50. The van der Waals surface area contributed by atoms with E-state index >= 15 is 0 Å². The molecule has 0 spiro atoms. The summed E-state index contributed by atoms with van der Waals surface area (Å²) in [6, 6.07) is 0. The maximum absolute atomic E-state index is 10.6. The fourth-order valence-corrected chi connectivity index (χ4v) is 1.00. The first-order valence-electron chi connectivity index (χ1n) is 4.38. The van der Waals surface area contributed by atoms with Crippen molar-refractivity contribution in [2.24, 2.45) is 5.92 Å². The average molecular weight is 174 g/mol. The molecule has 72 valence electrons. The van der Waals surface area contributed by atoms with Gasteiger partial charge in [0.05, 0.1) is 0 Å². The van der Waals surface area contributed by atoms with Crippen LogP contribution in [0.15, 0.2) is 0 Å². The zero-order chi connectivity index (χ0) is 9.78. The van der Waals surface area contributed by atoms with Gasteiger partial charge in [-0.2, -0.15) is 0 Å². The van der Waals surface area contributed by atoms with Crippen LogP contribution in [0.5, 0.6) is 0 Å². The van der Waals surface area contributed by atoms with E-state index in [1.165, 1.54) is 6.92 Å². The van der Waals surface area contributed by atoms with Crippen LogP contribution in [-0.2, 0) is 4.79 Å². The van der Waals surface area contributed by atoms with E-state index in [1.807, 2.05) is 6.92 Å². The zero-order valence-electron chi connectivity index (χ0n) is 8.00. The van der Waals surface area contributed by atoms with Crippen LogP contribution in [0.2, 0.25) is 0 Å². The predicted octanol–water partition coefficient (Wildman–Crippen LogP) is 1.65. The molecule has 3 heteroatoms. The lowest BCUT2D eigenvalue weighted by Gasteiger charge is -2.25. The molecule has 0 bridgehead atoms. The summed E-state index contributed by atoms with van der Waals surface area (Å²) in [7, 11) is 0. The fraction of sp³-hybridized carbons (Fsp3) is 0.889. The molecule has 0 heterocycles. The second-order valence-electron chi connectivity index (χ2n) is 3.50. The molecule has 3 nitrogen and oxygen atoms in total. The second kappa shape index (κ2) is 4.45. The van der Waals surface area contributed by atoms with Crippen molar-refractivity contribution in [3.63, 3.8) is 0 Å². The van der Waals surface area contributed by atoms with Gasteiger partial charge in [-0.3, -0.25) is 0 Å². The van der Waals surface area contributed by atoms with E-state index < -0.39 is 11.6 Å². The lowest BCUT2D eigenvalue weighted by Crippen LogP contribution is -2.41. The molecule has 0 aliphatic carbocycles. The summed E-state index contributed by atoms with van der Waals surface area (Å²) in [5.74, 6) is -1.32. The Kier molecular flexibility index (Phi) is 4.24. The van der Waals surface area contributed by atoms with Crippen molar-refractivity contribution >= 4 is 5.97 Å². The maximum atomic E-state index is 10.6. The highest BCUT2D eigenvalue weighted by Crippen LogP contribution is 2.22. The Labute approximate surface area is 73.4 Å². The molecule has 0 aliphatic heterocycles. The van der Waals surface area contributed by atoms with Gasteiger partial charge in [0.1, 0.15) is 0 Å². The third kappa shape index (κ3) is 2.81. The molecule has 2 N–H and O–H groups in total. The van der Waals surface area contributed by atoms with E-state index in [0.717, 1.165) is 19.3 Å². The van der Waals surface area contributed by atoms with Crippen molar-refractivity contribution in [3.05, 3.63) is 0 Å². The van der Waals surface area contributed by atoms with E-state index in [1.54, 1.807) is 6.92 Å². The van der Waals surface area contributed by atoms with Crippen LogP contribution in [0.3, 0.4) is 0 Å². The Morgan fingerprint density at radius 2 is 2.08 bits per heavy atom. The summed E-state index contributed by atoms with van der Waals surface area (Å²) in [5, 5.41) is 18.1. The minimum atomic E-state index is -1.57. The number of carboxylic acids is 1. The van der Waals surface area contributed by atoms with Crippen molar-refractivity contribution in [1.29, 1.82) is 0 Å². The quantitative estimate of drug-likeness (QED) is 0.666. The van der Waals surface area contributed by atoms with Crippen LogP contribution in [0.1, 0.15) is 40.0 Å². The van der Waals surface area contributed by atoms with Crippen LogP contribution in [0.4, 0.5) is 0 Å². The number of hydrogen-bond acceptors (Lipinski definition) is 2. The molecular weight excluding hydrogens is 156 g/mol. The van der Waals surface area contributed by atoms with Gasteiger partial charge in [-0.15, -0.1) is 0 Å². The summed E-state index contributed by atoms with van der Waals surface area (Å²) < 4.78 is 0. The zero-order valence-corrected chi connectivity index (χ0v) is 8.00. The summed E-state index contributed by atoms with van der Waals surface area (Å²) >= 11 is 0. The summed E-state index contributed by atoms with van der Waals surface area (Å²) in [5.41, 5.74) is -1.57. The van der Waals surface area contributed by atoms with Crippen LogP contribution >= 0.6 is 0 Å². The molecule has 0 aromatic heterocycles. The van der Waals surface area contributed by atoms with Gasteiger partial charge in [-0.05, 0) is 19.3 Å². The molecule has 0 aromatic rings. The largest absolute Gasteiger partial charge is 0.479 e. The van der Waals surface area contributed by atoms with E-state index in [4.69, 9.17) is 5.11 Å². The molecule has 0 radical (unpaired) electrons. The van der Waals surface area contributed by atoms with Crippen molar-refractivity contribution in [2.75, 3.05) is 0 Å². The Bertz CT molecular complexity index is 152. The van der Waals surface area contributed by atoms with E-state index in [9.17, 15) is 9.90 Å². The molecule has 0 saturated carbocycles. The monoisotopic (exact) mass is 174 g/mol. The third-order valence-corrected chi connectivity index (χ3v) is 2.38. The topological polar surface area (TPSA) is 57.5 Å². The van der Waals surface area contributed by atoms with Crippen molar-refractivity contribution in [1.82, 2.24) is 0 Å². The highest BCUT2D eigenvalue weighted by Gasteiger charge is 2.35. The first-order chi connectivity index (χ1) is 5.42. The Balaban J connectivity index is 4.06. The number of aliphatic hydroxyl groups is 1. The Hall–Kier alpha value is -0.570. The van der Waals surface area contributed by atoms with Crippen molar-refractivity contribution in [2.45, 2.75) is 45.6 Å². The van der Waals surface area contributed by atoms with E-state index in [-0.39, 0.29) is 5.92 Å². The molecule has 0 saturated heterocycles. The lowest BCUT2D eigenvalue weighted by molar-refractivity contribution is -0.162. The highest BCUT2D eigenvalue weighted by molar-refractivity contribution is 5.76. The van der Waals surface area contributed by atoms with Crippen LogP contribution in [-0.4, -0.2) is 21.8 Å². The molecule has 2 atom stereocenters. The van der Waals surface area contributed by atoms with Gasteiger partial charge >= 0.3 is 5.97 Å². The average Bonchev–Trinajstić information content (AvgIpc) is 1.99. The highest BCUT2D eigenvalue weighted by atomic mass is 16.4. The number of carboxylic acid groups (broad SMARTS) is 1. The van der Waals surface area contributed by atoms with E-state index in [2.05, 4.69) is 0 Å². The van der Waals surface area contributed by atoms with E-state index in [0.29, 0.717) is 0 Å². The summed E-state index contributed by atoms with van der Waals surface area (Å²) in [4.78, 5) is 10.6. The SMILES string of the molecule is CCCCC(C)C(C)(O)C(=O)O. The minimum Gasteiger partial charge on any atom is -0.479 e. The van der Waals surface area contributed by atoms with Gasteiger partial charge in [0, 0.05) is 0 Å². The van der Waals surface area contributed by atoms with Crippen LogP contribution in [0.25, 0.3) is 0 Å². The van der Waals surface area contributed by atoms with Gasteiger partial charge in [0.2, 0.25) is 0 Å². The molecule has 0 aliphatic rings. The number of aliphatic carboxylic acids is 1. The summed E-state index contributed by atoms with van der Waals surface area (Å²) in [6.07, 6.45) is 2.75. The van der Waals surface area contributed by atoms with Gasteiger partial charge in [0.25, 0.3) is 0 Å². The molecule has 0 amide bonds. The van der Waals surface area contributed by atoms with Crippen LogP contribution in [0, 0.1) is 5.92 Å². The molecular formula is C9H18O3. The standard InChI is InChI=1S/C9H18O3/c1-4-5-6-7(2)9(3,12)8(10)11/h7,12H,4-6H2,1-3H3,(H,10,11). The predicted molar refractivity (Wildman–Crippen MR) is 46.9 cm³/mol. The van der Waals surface area contributed by atoms with Crippen LogP contribution < -0.4 is 0 Å². The Morgan fingerprint density at radius 3 is 2.42 bits per heavy atom. The lowest BCUT2D eigenvalue weighted by atomic mass is 9.87. The van der Waals surface area contributed by atoms with Gasteiger partial charge in [-0.25, -0.2) is 4.79 Å². The molecule has 12 heavy (non-hydrogen) atoms. The van der Waals surface area contributed by atoms with Crippen molar-refractivity contribution in [3.8, 4) is 0 Å². The number of carbonyl (C=O) groups is 1. The minimum absolute atomic E-state index is 0.185. The third-order valence-electron chi connectivity index (χ3n) is 2.38. The van der Waals surface area contributed by atoms with Gasteiger partial charge in [-0.1, -0.05) is 26.7 Å². The number of rotatable bonds is 5. The normalized spacial score (nSPS) is 18.3. The molecule has 2 unspecified atom stereocenters. The van der Waals surface area contributed by atoms with Crippen molar-refractivity contribution < 1.29 is 15.0 Å². The number of hydrogen-bond donors (Lipinski definition) is 2. The smallest absolute Gasteiger partial charge is 0.335 e. The first kappa shape index (κ1) is 11.4. The molecule has 0 rings (SSSR count). The number of unbranched alkanes of at least 4 members (excludes halogenated alkanes) is 1. The van der Waals surface area contributed by atoms with Gasteiger partial charge < -0.3 is 10.2 Å². The molecule has 0 aromatic carbocycles. The Morgan fingerprint density at radius 1 is 1.58 bits per heavy atom. The molecule has 0 fully saturated rings. The van der Waals surface area contributed by atoms with Gasteiger partial charge in [0.15, 0.2) is 5.60 Å². The maximum Gasteiger partial charge on any atom is 0.335 e. The fourth-order valence-electron chi connectivity index (χ4n) is 1.00. The summed E-state index contributed by atoms with van der Waals surface area (Å²) in [6.45, 7) is 5.17.